The van der Waals surface area contributed by atoms with Gasteiger partial charge in [0.1, 0.15) is 12.4 Å². The number of rotatable bonds is 9. The molecule has 1 aliphatic heterocycles. The van der Waals surface area contributed by atoms with Gasteiger partial charge < -0.3 is 25.8 Å². The van der Waals surface area contributed by atoms with Crippen LogP contribution in [0.15, 0.2) is 72.8 Å². The Morgan fingerprint density at radius 3 is 2.42 bits per heavy atom. The highest BCUT2D eigenvalue weighted by molar-refractivity contribution is 6.05. The van der Waals surface area contributed by atoms with E-state index in [1.165, 1.54) is 0 Å². The molecule has 1 fully saturated rings. The van der Waals surface area contributed by atoms with E-state index in [2.05, 4.69) is 15.5 Å². The summed E-state index contributed by atoms with van der Waals surface area (Å²) in [5.74, 6) is 0.680. The van der Waals surface area contributed by atoms with Gasteiger partial charge in [-0.2, -0.15) is 0 Å². The van der Waals surface area contributed by atoms with Crippen molar-refractivity contribution in [2.75, 3.05) is 55.8 Å². The Bertz CT molecular complexity index is 1030. The molecule has 4 N–H and O–H groups in total. The third-order valence-electron chi connectivity index (χ3n) is 5.56. The number of nitrogens with zero attached hydrogens (tertiary/aromatic N) is 1. The number of para-hydroxylation sites is 2. The van der Waals surface area contributed by atoms with E-state index in [1.807, 2.05) is 60.7 Å². The van der Waals surface area contributed by atoms with Crippen LogP contribution < -0.4 is 21.1 Å². The van der Waals surface area contributed by atoms with E-state index in [0.717, 1.165) is 49.8 Å². The maximum absolute atomic E-state index is 12.5. The molecule has 0 spiro atoms. The van der Waals surface area contributed by atoms with Gasteiger partial charge in [-0.3, -0.25) is 9.69 Å². The zero-order valence-electron chi connectivity index (χ0n) is 18.6. The van der Waals surface area contributed by atoms with Crippen molar-refractivity contribution >= 4 is 23.0 Å². The Morgan fingerprint density at radius 2 is 1.70 bits per heavy atom. The molecule has 1 aliphatic rings. The van der Waals surface area contributed by atoms with E-state index in [1.54, 1.807) is 12.1 Å². The highest BCUT2D eigenvalue weighted by Gasteiger charge is 2.10. The predicted molar refractivity (Wildman–Crippen MR) is 132 cm³/mol. The van der Waals surface area contributed by atoms with Crippen LogP contribution in [0.2, 0.25) is 0 Å². The molecule has 0 aromatic heterocycles. The average molecular weight is 447 g/mol. The molecule has 0 unspecified atom stereocenters. The number of carbonyl (C=O) groups is 1. The van der Waals surface area contributed by atoms with E-state index < -0.39 is 0 Å². The molecule has 4 rings (SSSR count). The van der Waals surface area contributed by atoms with Crippen LogP contribution in [0.4, 0.5) is 17.1 Å². The summed E-state index contributed by atoms with van der Waals surface area (Å²) in [7, 11) is 0. The zero-order valence-corrected chi connectivity index (χ0v) is 18.6. The first kappa shape index (κ1) is 22.6. The van der Waals surface area contributed by atoms with Gasteiger partial charge in [-0.25, -0.2) is 0 Å². The maximum Gasteiger partial charge on any atom is 0.255 e. The summed E-state index contributed by atoms with van der Waals surface area (Å²) < 4.78 is 11.2. The molecule has 0 atom stereocenters. The van der Waals surface area contributed by atoms with Crippen LogP contribution in [0.1, 0.15) is 15.9 Å². The quantitative estimate of drug-likeness (QED) is 0.433. The van der Waals surface area contributed by atoms with Crippen LogP contribution in [0.3, 0.4) is 0 Å². The molecule has 1 amide bonds. The van der Waals surface area contributed by atoms with Gasteiger partial charge in [-0.15, -0.1) is 0 Å². The second-order valence-electron chi connectivity index (χ2n) is 7.92. The summed E-state index contributed by atoms with van der Waals surface area (Å²) in [6, 6.07) is 22.7. The first-order chi connectivity index (χ1) is 16.2. The van der Waals surface area contributed by atoms with Gasteiger partial charge in [0.25, 0.3) is 5.91 Å². The van der Waals surface area contributed by atoms with E-state index in [9.17, 15) is 4.79 Å². The summed E-state index contributed by atoms with van der Waals surface area (Å²) in [6.45, 7) is 5.79. The Balaban J connectivity index is 1.22. The fraction of sp³-hybridized carbons (Fsp3) is 0.269. The van der Waals surface area contributed by atoms with Gasteiger partial charge in [0, 0.05) is 37.4 Å². The van der Waals surface area contributed by atoms with E-state index in [4.69, 9.17) is 15.2 Å². The van der Waals surface area contributed by atoms with Crippen molar-refractivity contribution in [2.45, 2.75) is 6.54 Å². The van der Waals surface area contributed by atoms with Crippen LogP contribution in [0.5, 0.6) is 5.75 Å². The monoisotopic (exact) mass is 446 g/mol. The Hall–Kier alpha value is -3.55. The standard InChI is InChI=1S/C26H30N4O3/c27-24-3-1-2-4-25(24)29-26(31)21-7-5-20(6-8-21)19-28-22-9-11-23(12-10-22)33-18-15-30-13-16-32-17-14-30/h1-12,28H,13-19,27H2,(H,29,31). The highest BCUT2D eigenvalue weighted by atomic mass is 16.5. The number of anilines is 3. The van der Waals surface area contributed by atoms with Crippen molar-refractivity contribution in [3.63, 3.8) is 0 Å². The summed E-state index contributed by atoms with van der Waals surface area (Å²) in [4.78, 5) is 14.8. The van der Waals surface area contributed by atoms with Gasteiger partial charge in [-0.1, -0.05) is 24.3 Å². The van der Waals surface area contributed by atoms with Gasteiger partial charge in [0.05, 0.1) is 24.6 Å². The van der Waals surface area contributed by atoms with Crippen LogP contribution in [0.25, 0.3) is 0 Å². The number of hydrogen-bond donors (Lipinski definition) is 3. The molecular formula is C26H30N4O3. The largest absolute Gasteiger partial charge is 0.492 e. The lowest BCUT2D eigenvalue weighted by Gasteiger charge is -2.26. The summed E-state index contributed by atoms with van der Waals surface area (Å²) in [5.41, 5.74) is 9.72. The van der Waals surface area contributed by atoms with E-state index >= 15 is 0 Å². The molecule has 1 heterocycles. The van der Waals surface area contributed by atoms with Crippen molar-refractivity contribution in [1.82, 2.24) is 4.90 Å². The molecule has 3 aromatic carbocycles. The Kier molecular flexibility index (Phi) is 7.79. The second-order valence-corrected chi connectivity index (χ2v) is 7.92. The Morgan fingerprint density at radius 1 is 0.970 bits per heavy atom. The topological polar surface area (TPSA) is 88.8 Å². The summed E-state index contributed by atoms with van der Waals surface area (Å²) in [6.07, 6.45) is 0. The number of amides is 1. The smallest absolute Gasteiger partial charge is 0.255 e. The van der Waals surface area contributed by atoms with Crippen molar-refractivity contribution in [3.05, 3.63) is 83.9 Å². The van der Waals surface area contributed by atoms with Crippen molar-refractivity contribution in [3.8, 4) is 5.75 Å². The third kappa shape index (κ3) is 6.71. The molecular weight excluding hydrogens is 416 g/mol. The summed E-state index contributed by atoms with van der Waals surface area (Å²) in [5, 5.41) is 6.24. The van der Waals surface area contributed by atoms with Gasteiger partial charge in [-0.05, 0) is 54.1 Å². The molecule has 3 aromatic rings. The molecule has 0 radical (unpaired) electrons. The molecule has 33 heavy (non-hydrogen) atoms. The Labute approximate surface area is 194 Å². The molecule has 1 saturated heterocycles. The van der Waals surface area contributed by atoms with Crippen LogP contribution in [0, 0.1) is 0 Å². The lowest BCUT2D eigenvalue weighted by Crippen LogP contribution is -2.38. The SMILES string of the molecule is Nc1ccccc1NC(=O)c1ccc(CNc2ccc(OCCN3CCOCC3)cc2)cc1. The normalized spacial score (nSPS) is 13.9. The number of benzene rings is 3. The lowest BCUT2D eigenvalue weighted by atomic mass is 10.1. The van der Waals surface area contributed by atoms with Crippen molar-refractivity contribution < 1.29 is 14.3 Å². The zero-order chi connectivity index (χ0) is 22.9. The first-order valence-electron chi connectivity index (χ1n) is 11.2. The number of morpholine rings is 1. The van der Waals surface area contributed by atoms with Crippen LogP contribution in [-0.4, -0.2) is 50.3 Å². The van der Waals surface area contributed by atoms with Crippen LogP contribution >= 0.6 is 0 Å². The highest BCUT2D eigenvalue weighted by Crippen LogP contribution is 2.19. The average Bonchev–Trinajstić information content (AvgIpc) is 2.86. The fourth-order valence-electron chi connectivity index (χ4n) is 3.57. The van der Waals surface area contributed by atoms with Gasteiger partial charge in [0.15, 0.2) is 0 Å². The second kappa shape index (κ2) is 11.4. The summed E-state index contributed by atoms with van der Waals surface area (Å²) >= 11 is 0. The minimum Gasteiger partial charge on any atom is -0.492 e. The maximum atomic E-state index is 12.5. The number of hydrogen-bond acceptors (Lipinski definition) is 6. The number of nitrogens with one attached hydrogen (secondary N) is 2. The van der Waals surface area contributed by atoms with E-state index in [-0.39, 0.29) is 5.91 Å². The molecule has 7 heteroatoms. The lowest BCUT2D eigenvalue weighted by molar-refractivity contribution is 0.0322. The van der Waals surface area contributed by atoms with Gasteiger partial charge in [0.2, 0.25) is 0 Å². The minimum atomic E-state index is -0.184. The van der Waals surface area contributed by atoms with Crippen LogP contribution in [-0.2, 0) is 11.3 Å². The van der Waals surface area contributed by atoms with Crippen molar-refractivity contribution in [1.29, 1.82) is 0 Å². The molecule has 0 saturated carbocycles. The van der Waals surface area contributed by atoms with Gasteiger partial charge >= 0.3 is 0 Å². The van der Waals surface area contributed by atoms with E-state index in [0.29, 0.717) is 30.1 Å². The molecule has 0 bridgehead atoms. The fourth-order valence-corrected chi connectivity index (χ4v) is 3.57. The third-order valence-corrected chi connectivity index (χ3v) is 5.56. The molecule has 7 nitrogen and oxygen atoms in total. The number of nitrogen functional groups attached to an aromatic ring is 1. The molecule has 0 aliphatic carbocycles. The first-order valence-corrected chi connectivity index (χ1v) is 11.2. The minimum absolute atomic E-state index is 0.184. The number of carbonyl (C=O) groups excluding carboxylic acids is 1. The predicted octanol–water partition coefficient (Wildman–Crippen LogP) is 3.84. The number of ether oxygens (including phenoxy) is 2. The molecule has 172 valence electrons. The number of nitrogens with two attached hydrogens (primary N) is 1. The van der Waals surface area contributed by atoms with Crippen molar-refractivity contribution in [2.24, 2.45) is 0 Å².